The maximum Gasteiger partial charge on any atom is 0.263 e. The molecule has 1 heterocycles. The summed E-state index contributed by atoms with van der Waals surface area (Å²) in [5.41, 5.74) is 0. The van der Waals surface area contributed by atoms with Gasteiger partial charge in [0.1, 0.15) is 10.3 Å². The Bertz CT molecular complexity index is 301. The van der Waals surface area contributed by atoms with Crippen molar-refractivity contribution in [2.45, 2.75) is 0 Å². The molecule has 0 fully saturated rings. The minimum absolute atomic E-state index is 0.0856. The number of hydrogen-bond acceptors (Lipinski definition) is 4. The van der Waals surface area contributed by atoms with Gasteiger partial charge in [0, 0.05) is 6.07 Å². The van der Waals surface area contributed by atoms with Gasteiger partial charge < -0.3 is 0 Å². The number of rotatable bonds is 1. The van der Waals surface area contributed by atoms with Gasteiger partial charge in [-0.2, -0.15) is 9.97 Å². The average Bonchev–Trinajstić information content (AvgIpc) is 1.85. The zero-order valence-electron chi connectivity index (χ0n) is 5.08. The first-order valence-electron chi connectivity index (χ1n) is 2.50. The van der Waals surface area contributed by atoms with E-state index in [9.17, 15) is 4.79 Å². The lowest BCUT2D eigenvalue weighted by atomic mass is 10.7. The SMILES string of the molecule is O=C=Nc1nc(Cl)cc(Cl)n1. The predicted molar refractivity (Wildman–Crippen MR) is 39.8 cm³/mol. The molecule has 0 atom stereocenters. The molecule has 4 nitrogen and oxygen atoms in total. The summed E-state index contributed by atoms with van der Waals surface area (Å²) >= 11 is 10.9. The van der Waals surface area contributed by atoms with E-state index < -0.39 is 0 Å². The first kappa shape index (κ1) is 8.14. The summed E-state index contributed by atoms with van der Waals surface area (Å²) in [6, 6.07) is 1.34. The van der Waals surface area contributed by atoms with Gasteiger partial charge in [-0.3, -0.25) is 0 Å². The summed E-state index contributed by atoms with van der Waals surface area (Å²) in [5.74, 6) is -0.0856. The highest BCUT2D eigenvalue weighted by Crippen LogP contribution is 2.15. The lowest BCUT2D eigenvalue weighted by Crippen LogP contribution is -1.81. The molecule has 0 radical (unpaired) electrons. The highest BCUT2D eigenvalue weighted by Gasteiger charge is 1.98. The first-order chi connectivity index (χ1) is 5.22. The largest absolute Gasteiger partial charge is 0.263 e. The molecule has 0 aliphatic heterocycles. The molecule has 1 aromatic rings. The van der Waals surface area contributed by atoms with Crippen molar-refractivity contribution in [1.29, 1.82) is 0 Å². The molecule has 0 N–H and O–H groups in total. The lowest BCUT2D eigenvalue weighted by molar-refractivity contribution is 0.565. The van der Waals surface area contributed by atoms with Crippen LogP contribution in [0.3, 0.4) is 0 Å². The molecule has 0 aliphatic rings. The molecule has 0 amide bonds. The van der Waals surface area contributed by atoms with Crippen molar-refractivity contribution >= 4 is 35.2 Å². The third-order valence-electron chi connectivity index (χ3n) is 0.797. The summed E-state index contributed by atoms with van der Waals surface area (Å²) in [6.45, 7) is 0. The summed E-state index contributed by atoms with van der Waals surface area (Å²) in [6.07, 6.45) is 1.27. The second-order valence-corrected chi connectivity index (χ2v) is 2.29. The fourth-order valence-electron chi connectivity index (χ4n) is 0.470. The van der Waals surface area contributed by atoms with Crippen LogP contribution in [-0.2, 0) is 4.79 Å². The number of carbonyl (C=O) groups excluding carboxylic acids is 1. The van der Waals surface area contributed by atoms with Gasteiger partial charge in [-0.05, 0) is 0 Å². The van der Waals surface area contributed by atoms with Gasteiger partial charge >= 0.3 is 0 Å². The molecule has 56 valence electrons. The van der Waals surface area contributed by atoms with Crippen LogP contribution in [0.25, 0.3) is 0 Å². The van der Waals surface area contributed by atoms with Crippen LogP contribution in [0.5, 0.6) is 0 Å². The Hall–Kier alpha value is -0.960. The number of aliphatic imine (C=N–C) groups is 1. The minimum atomic E-state index is -0.0856. The van der Waals surface area contributed by atoms with Crippen molar-refractivity contribution in [1.82, 2.24) is 9.97 Å². The van der Waals surface area contributed by atoms with E-state index >= 15 is 0 Å². The van der Waals surface area contributed by atoms with Crippen molar-refractivity contribution in [3.63, 3.8) is 0 Å². The van der Waals surface area contributed by atoms with Gasteiger partial charge in [-0.25, -0.2) is 4.79 Å². The normalized spacial score (nSPS) is 8.91. The Morgan fingerprint density at radius 1 is 1.36 bits per heavy atom. The van der Waals surface area contributed by atoms with Crippen molar-refractivity contribution < 1.29 is 4.79 Å². The molecule has 0 aromatic carbocycles. The van der Waals surface area contributed by atoms with Gasteiger partial charge in [0.2, 0.25) is 6.08 Å². The first-order valence-corrected chi connectivity index (χ1v) is 3.26. The monoisotopic (exact) mass is 189 g/mol. The topological polar surface area (TPSA) is 55.2 Å². The second kappa shape index (κ2) is 3.44. The van der Waals surface area contributed by atoms with Gasteiger partial charge in [0.25, 0.3) is 5.95 Å². The van der Waals surface area contributed by atoms with Crippen LogP contribution in [0.15, 0.2) is 11.1 Å². The van der Waals surface area contributed by atoms with Gasteiger partial charge in [-0.15, -0.1) is 4.99 Å². The Kier molecular flexibility index (Phi) is 2.54. The molecule has 11 heavy (non-hydrogen) atoms. The highest BCUT2D eigenvalue weighted by molar-refractivity contribution is 6.33. The van der Waals surface area contributed by atoms with E-state index in [-0.39, 0.29) is 16.3 Å². The third-order valence-corrected chi connectivity index (χ3v) is 1.18. The molecule has 1 rings (SSSR count). The fraction of sp³-hybridized carbons (Fsp3) is 0. The van der Waals surface area contributed by atoms with Crippen molar-refractivity contribution in [2.75, 3.05) is 0 Å². The van der Waals surface area contributed by atoms with Crippen LogP contribution < -0.4 is 0 Å². The van der Waals surface area contributed by atoms with E-state index in [4.69, 9.17) is 23.2 Å². The Morgan fingerprint density at radius 2 is 1.91 bits per heavy atom. The van der Waals surface area contributed by atoms with Crippen LogP contribution in [0.4, 0.5) is 5.95 Å². The van der Waals surface area contributed by atoms with Crippen molar-refractivity contribution in [3.8, 4) is 0 Å². The second-order valence-electron chi connectivity index (χ2n) is 1.52. The summed E-state index contributed by atoms with van der Waals surface area (Å²) in [5, 5.41) is 0.276. The third kappa shape index (κ3) is 2.27. The zero-order valence-corrected chi connectivity index (χ0v) is 6.60. The molecule has 0 saturated carbocycles. The maximum absolute atomic E-state index is 9.74. The van der Waals surface area contributed by atoms with E-state index in [1.165, 1.54) is 12.1 Å². The van der Waals surface area contributed by atoms with E-state index in [2.05, 4.69) is 15.0 Å². The number of nitrogens with zero attached hydrogens (tertiary/aromatic N) is 3. The van der Waals surface area contributed by atoms with Gasteiger partial charge in [-0.1, -0.05) is 23.2 Å². The van der Waals surface area contributed by atoms with E-state index in [1.54, 1.807) is 0 Å². The van der Waals surface area contributed by atoms with Gasteiger partial charge in [0.15, 0.2) is 0 Å². The van der Waals surface area contributed by atoms with Crippen LogP contribution >= 0.6 is 23.2 Å². The summed E-state index contributed by atoms with van der Waals surface area (Å²) in [7, 11) is 0. The van der Waals surface area contributed by atoms with E-state index in [0.29, 0.717) is 0 Å². The zero-order chi connectivity index (χ0) is 8.27. The van der Waals surface area contributed by atoms with Crippen molar-refractivity contribution in [2.24, 2.45) is 4.99 Å². The Morgan fingerprint density at radius 3 is 2.36 bits per heavy atom. The van der Waals surface area contributed by atoms with Crippen molar-refractivity contribution in [3.05, 3.63) is 16.4 Å². The minimum Gasteiger partial charge on any atom is -0.211 e. The van der Waals surface area contributed by atoms with Crippen LogP contribution in [0.1, 0.15) is 0 Å². The molecule has 0 unspecified atom stereocenters. The molecule has 1 aromatic heterocycles. The van der Waals surface area contributed by atoms with Crippen LogP contribution in [-0.4, -0.2) is 16.0 Å². The molecular formula is C5HCl2N3O. The number of halogens is 2. The average molecular weight is 190 g/mol. The summed E-state index contributed by atoms with van der Waals surface area (Å²) < 4.78 is 0. The predicted octanol–water partition coefficient (Wildman–Crippen LogP) is 1.75. The maximum atomic E-state index is 9.74. The quantitative estimate of drug-likeness (QED) is 0.385. The number of aromatic nitrogens is 2. The Labute approximate surface area is 71.9 Å². The number of hydrogen-bond donors (Lipinski definition) is 0. The van der Waals surface area contributed by atoms with Gasteiger partial charge in [0.05, 0.1) is 0 Å². The molecule has 0 saturated heterocycles. The van der Waals surface area contributed by atoms with Crippen LogP contribution in [0.2, 0.25) is 10.3 Å². The smallest absolute Gasteiger partial charge is 0.211 e. The van der Waals surface area contributed by atoms with Crippen LogP contribution in [0, 0.1) is 0 Å². The fourth-order valence-corrected chi connectivity index (χ4v) is 0.883. The lowest BCUT2D eigenvalue weighted by Gasteiger charge is -1.91. The van der Waals surface area contributed by atoms with E-state index in [0.717, 1.165) is 0 Å². The molecule has 0 bridgehead atoms. The standard InChI is InChI=1S/C5HCl2N3O/c6-3-1-4(7)10-5(9-3)8-2-11/h1H. The summed E-state index contributed by atoms with van der Waals surface area (Å²) in [4.78, 5) is 20.0. The molecular weight excluding hydrogens is 189 g/mol. The molecule has 6 heteroatoms. The molecule has 0 spiro atoms. The highest BCUT2D eigenvalue weighted by atomic mass is 35.5. The molecule has 0 aliphatic carbocycles. The van der Waals surface area contributed by atoms with E-state index in [1.807, 2.05) is 0 Å². The Balaban J connectivity index is 3.18. The number of isocyanates is 1.